The molecule has 0 radical (unpaired) electrons. The van der Waals surface area contributed by atoms with E-state index in [1.165, 1.54) is 11.0 Å². The average molecular weight is 852 g/mol. The Morgan fingerprint density at radius 2 is 1.82 bits per heavy atom. The number of benzene rings is 1. The fourth-order valence-electron chi connectivity index (χ4n) is 9.56. The van der Waals surface area contributed by atoms with Gasteiger partial charge in [-0.25, -0.2) is 18.2 Å². The maximum atomic E-state index is 15.1. The summed E-state index contributed by atoms with van der Waals surface area (Å²) >= 11 is 0. The molecule has 17 heteroatoms. The van der Waals surface area contributed by atoms with Crippen molar-refractivity contribution >= 4 is 44.7 Å². The number of nitrogens with zero attached hydrogens (tertiary/aromatic N) is 2. The molecule has 3 heterocycles. The largest absolute Gasteiger partial charge is 0.496 e. The van der Waals surface area contributed by atoms with Crippen molar-refractivity contribution in [3.05, 3.63) is 36.4 Å². The van der Waals surface area contributed by atoms with Gasteiger partial charge >= 0.3 is 6.09 Å². The summed E-state index contributed by atoms with van der Waals surface area (Å²) in [5, 5.41) is 5.84. The van der Waals surface area contributed by atoms with Crippen molar-refractivity contribution in [3.8, 4) is 17.4 Å². The predicted molar refractivity (Wildman–Crippen MR) is 219 cm³/mol. The number of alkyl carbamates (subject to hydrolysis) is 1. The lowest BCUT2D eigenvalue weighted by molar-refractivity contribution is -0.142. The first kappa shape index (κ1) is 42.1. The lowest BCUT2D eigenvalue weighted by Gasteiger charge is -2.35. The molecular formula is C43H57N5O11S. The van der Waals surface area contributed by atoms with Crippen LogP contribution in [0.15, 0.2) is 30.9 Å². The van der Waals surface area contributed by atoms with E-state index < -0.39 is 74.8 Å². The second-order valence-corrected chi connectivity index (χ2v) is 19.1. The highest BCUT2D eigenvalue weighted by molar-refractivity contribution is 7.91. The summed E-state index contributed by atoms with van der Waals surface area (Å²) < 4.78 is 58.6. The van der Waals surface area contributed by atoms with Gasteiger partial charge in [0.05, 0.1) is 37.1 Å². The topological polar surface area (TPSA) is 201 Å². The van der Waals surface area contributed by atoms with Crippen LogP contribution >= 0.6 is 0 Å². The van der Waals surface area contributed by atoms with E-state index in [9.17, 15) is 22.8 Å². The van der Waals surface area contributed by atoms with Gasteiger partial charge < -0.3 is 39.2 Å². The van der Waals surface area contributed by atoms with Gasteiger partial charge in [0.1, 0.15) is 41.3 Å². The highest BCUT2D eigenvalue weighted by Gasteiger charge is 2.62. The number of sulfonamides is 1. The van der Waals surface area contributed by atoms with Gasteiger partial charge in [-0.2, -0.15) is 0 Å². The van der Waals surface area contributed by atoms with E-state index in [-0.39, 0.29) is 31.4 Å². The van der Waals surface area contributed by atoms with Crippen LogP contribution < -0.4 is 29.6 Å². The Morgan fingerprint density at radius 3 is 2.53 bits per heavy atom. The van der Waals surface area contributed by atoms with E-state index in [0.717, 1.165) is 37.7 Å². The highest BCUT2D eigenvalue weighted by atomic mass is 32.2. The second kappa shape index (κ2) is 17.4. The normalized spacial score (nSPS) is 30.1. The monoisotopic (exact) mass is 851 g/mol. The Morgan fingerprint density at radius 1 is 1.03 bits per heavy atom. The minimum absolute atomic E-state index is 0.0215. The molecule has 6 aliphatic rings. The molecule has 0 unspecified atom stereocenters. The van der Waals surface area contributed by atoms with Crippen LogP contribution in [0.4, 0.5) is 4.79 Å². The number of aryl methyl sites for hydroxylation is 1. The van der Waals surface area contributed by atoms with Crippen LogP contribution in [0, 0.1) is 11.8 Å². The molecule has 2 aromatic rings. The number of amides is 4. The van der Waals surface area contributed by atoms with E-state index in [2.05, 4.69) is 21.9 Å². The minimum atomic E-state index is -3.92. The van der Waals surface area contributed by atoms with E-state index in [1.807, 2.05) is 19.1 Å². The highest BCUT2D eigenvalue weighted by Crippen LogP contribution is 2.46. The van der Waals surface area contributed by atoms with Crippen LogP contribution in [-0.4, -0.2) is 110 Å². The zero-order chi connectivity index (χ0) is 42.2. The molecule has 4 amide bonds. The van der Waals surface area contributed by atoms with Gasteiger partial charge in [-0.1, -0.05) is 25.3 Å². The van der Waals surface area contributed by atoms with Crippen LogP contribution in [0.1, 0.15) is 96.0 Å². The van der Waals surface area contributed by atoms with Gasteiger partial charge in [0, 0.05) is 36.5 Å². The van der Waals surface area contributed by atoms with E-state index in [1.54, 1.807) is 13.2 Å². The third kappa shape index (κ3) is 8.74. The first-order valence-electron chi connectivity index (χ1n) is 21.6. The molecule has 2 aliphatic heterocycles. The summed E-state index contributed by atoms with van der Waals surface area (Å²) in [6.45, 7) is 6.44. The Hall–Kier alpha value is -4.64. The van der Waals surface area contributed by atoms with Crippen molar-refractivity contribution in [2.75, 3.05) is 26.9 Å². The van der Waals surface area contributed by atoms with Crippen LogP contribution in [0.2, 0.25) is 0 Å². The second-order valence-electron chi connectivity index (χ2n) is 17.1. The Bertz CT molecular complexity index is 2110. The zero-order valence-electron chi connectivity index (χ0n) is 34.4. The number of pyridine rings is 1. The number of ether oxygens (including phenoxy) is 5. The van der Waals surface area contributed by atoms with Gasteiger partial charge in [-0.15, -0.1) is 6.58 Å². The summed E-state index contributed by atoms with van der Waals surface area (Å²) in [6.07, 6.45) is 8.07. The molecule has 4 bridgehead atoms. The lowest BCUT2D eigenvalue weighted by Crippen LogP contribution is -2.59. The van der Waals surface area contributed by atoms with Crippen LogP contribution in [-0.2, 0) is 40.3 Å². The standard InChI is InChI=1S/C43H57N5O11S/c1-4-27-23-43(27,41(51)47-60(53,54)29-16-17-29)46-39(49)32-20-28-24-48(32)40(50)38(25-11-7-6-8-12-25)45-42(52)59-34-15-9-14-33(34)57-18-10-13-26-19-30-31(21-35(26)55-3)44-37(56-5-2)22-36(30)58-28/h4,19,21-22,25,27-29,32-34,38H,1,5-18,20,23-24H2,2-3H3,(H,45,52)(H,46,49)(H,47,51)/t27-,28+,32-,33-,34-,38-,43+/m0/s1. The number of fused-ring (bicyclic) bond motifs is 4. The summed E-state index contributed by atoms with van der Waals surface area (Å²) in [4.78, 5) is 63.3. The Kier molecular flexibility index (Phi) is 12.2. The van der Waals surface area contributed by atoms with E-state index >= 15 is 4.79 Å². The average Bonchev–Trinajstić information content (AvgIpc) is 4.13. The van der Waals surface area contributed by atoms with Crippen molar-refractivity contribution in [2.45, 2.75) is 138 Å². The third-order valence-electron chi connectivity index (χ3n) is 13.1. The molecule has 60 heavy (non-hydrogen) atoms. The molecule has 326 valence electrons. The van der Waals surface area contributed by atoms with Crippen molar-refractivity contribution in [1.82, 2.24) is 25.2 Å². The molecule has 5 fully saturated rings. The molecule has 1 saturated heterocycles. The number of rotatable bonds is 10. The smallest absolute Gasteiger partial charge is 0.408 e. The van der Waals surface area contributed by atoms with E-state index in [0.29, 0.717) is 86.4 Å². The Balaban J connectivity index is 1.16. The van der Waals surface area contributed by atoms with E-state index in [4.69, 9.17) is 28.7 Å². The molecule has 4 aliphatic carbocycles. The minimum Gasteiger partial charge on any atom is -0.496 e. The van der Waals surface area contributed by atoms with Gasteiger partial charge in [0.25, 0.3) is 5.91 Å². The molecule has 4 saturated carbocycles. The molecular weight excluding hydrogens is 795 g/mol. The maximum Gasteiger partial charge on any atom is 0.408 e. The lowest BCUT2D eigenvalue weighted by atomic mass is 9.83. The molecule has 3 N–H and O–H groups in total. The van der Waals surface area contributed by atoms with Crippen molar-refractivity contribution in [3.63, 3.8) is 0 Å². The number of methoxy groups -OCH3 is 1. The summed E-state index contributed by atoms with van der Waals surface area (Å²) in [5.41, 5.74) is -0.0821. The van der Waals surface area contributed by atoms with Crippen LogP contribution in [0.5, 0.6) is 17.4 Å². The number of carbonyl (C=O) groups excluding carboxylic acids is 4. The maximum absolute atomic E-state index is 15.1. The number of nitrogens with one attached hydrogen (secondary N) is 3. The van der Waals surface area contributed by atoms with Gasteiger partial charge in [0.15, 0.2) is 0 Å². The fraction of sp³-hybridized carbons (Fsp3) is 0.651. The summed E-state index contributed by atoms with van der Waals surface area (Å²) in [6, 6.07) is 3.38. The summed E-state index contributed by atoms with van der Waals surface area (Å²) in [5.74, 6) is -1.27. The number of hydrogen-bond donors (Lipinski definition) is 3. The van der Waals surface area contributed by atoms with Crippen molar-refractivity contribution in [1.29, 1.82) is 0 Å². The molecule has 7 atom stereocenters. The van der Waals surface area contributed by atoms with Gasteiger partial charge in [0.2, 0.25) is 27.7 Å². The molecule has 1 aromatic carbocycles. The predicted octanol–water partition coefficient (Wildman–Crippen LogP) is 4.22. The quantitative estimate of drug-likeness (QED) is 0.288. The van der Waals surface area contributed by atoms with Crippen molar-refractivity contribution in [2.24, 2.45) is 11.8 Å². The molecule has 16 nitrogen and oxygen atoms in total. The van der Waals surface area contributed by atoms with Crippen LogP contribution in [0.3, 0.4) is 0 Å². The molecule has 0 spiro atoms. The van der Waals surface area contributed by atoms with Crippen LogP contribution in [0.25, 0.3) is 10.9 Å². The third-order valence-corrected chi connectivity index (χ3v) is 14.9. The number of hydrogen-bond acceptors (Lipinski definition) is 12. The molecule has 1 aromatic heterocycles. The first-order chi connectivity index (χ1) is 28.9. The first-order valence-corrected chi connectivity index (χ1v) is 23.2. The SMILES string of the molecule is C=C[C@H]1C[C@]1(NC(=O)[C@@H]1C[C@@H]2CN1C(=O)[C@H](C1CCCCC1)NC(=O)O[C@H]1CCC[C@@H]1OCCCc1cc3c(cc(OCC)nc3cc1OC)O2)C(=O)NS(=O)(=O)C1CC1. The zero-order valence-corrected chi connectivity index (χ0v) is 35.3. The molecule has 8 rings (SSSR count). The van der Waals surface area contributed by atoms with Crippen molar-refractivity contribution < 1.29 is 51.3 Å². The summed E-state index contributed by atoms with van der Waals surface area (Å²) in [7, 11) is -2.31. The van der Waals surface area contributed by atoms with Gasteiger partial charge in [-0.05, 0) is 88.7 Å². The van der Waals surface area contributed by atoms with Gasteiger partial charge in [-0.3, -0.25) is 19.1 Å². The Labute approximate surface area is 350 Å². The number of carbonyl (C=O) groups is 4. The number of aromatic nitrogens is 1. The fourth-order valence-corrected chi connectivity index (χ4v) is 10.9.